The van der Waals surface area contributed by atoms with Crippen LogP contribution >= 0.6 is 11.3 Å². The standard InChI is InChI=1S/C26H26N6O2S.C24H23N5O3.C21H21N5O2.C21H21N5O.C20H19N5O/c1-16-24(27)29-14-21(30-16)18-3-6-20(7-4-18)26(9-11-34-12-10-26)25(33)32-23-8-5-19(13-28-23)22-15-35-17(2)31-22;25-12-16-1-6-21(27-13-16)29-23(31)24(7-9-32-10-8-24)20-4-2-17(3-5-20)18-11-19(15-30)22(26)28-14-18;1-28-18-11-17(7-10-23-18)26-19(27)21(8-2-9-21)16-5-3-14(4-6-16)15-12-24-20(22)25-13-15;1-14-11-18(7-10-23-14)26-19(27)21(8-2-9-21)17-5-3-15(4-6-17)16-12-24-20(22)25-13-16;21-19-23-11-15(12-24-19)14-4-6-16(7-5-14)20(8-2-9-20)18(26)25-17-3-1-10-22-13-17/h3-8,13-15H,9-12H2,1-2H3,(H2,27,29)(H,28,32,33);1-6,11,13-14,30H,7-10,15H2,(H2,26,28)(H,27,29,31);3-7,10-13H,2,8-9H2,1H3,(H2,22,24,25)(H,23,26,27);3-7,10-13H,2,8-9H2,1H3,(H2,22,24,25)(H,23,26,27);1,3-7,10-13H,2,8-9H2,(H,25,26)(H2,21,23,24). The van der Waals surface area contributed by atoms with Gasteiger partial charge >= 0.3 is 0 Å². The number of benzene rings is 5. The molecule has 0 unspecified atom stereocenters. The number of hydrogen-bond acceptors (Lipinski definition) is 31. The topological polar surface area (TPSA) is 541 Å². The van der Waals surface area contributed by atoms with Crippen molar-refractivity contribution >= 4 is 99.1 Å². The van der Waals surface area contributed by atoms with Gasteiger partial charge < -0.3 is 74.6 Å². The van der Waals surface area contributed by atoms with Crippen LogP contribution < -0.4 is 60.0 Å². The molecule has 5 amide bonds. The summed E-state index contributed by atoms with van der Waals surface area (Å²) in [6, 6.07) is 61.5. The molecule has 3 saturated carbocycles. The summed E-state index contributed by atoms with van der Waals surface area (Å²) in [5, 5.41) is 36.4. The molecule has 5 fully saturated rings. The van der Waals surface area contributed by atoms with Crippen LogP contribution in [-0.2, 0) is 67.1 Å². The number of carbonyl (C=O) groups is 5. The number of aromatic nitrogens is 15. The molecule has 21 rings (SSSR count). The molecule has 13 heterocycles. The predicted octanol–water partition coefficient (Wildman–Crippen LogP) is 17.2. The Morgan fingerprint density at radius 2 is 0.770 bits per heavy atom. The molecule has 3 aliphatic carbocycles. The van der Waals surface area contributed by atoms with Crippen LogP contribution in [0.3, 0.4) is 0 Å². The number of anilines is 10. The number of hydrogen-bond donors (Lipinski definition) is 11. The van der Waals surface area contributed by atoms with Gasteiger partial charge in [0.05, 0.1) is 86.5 Å². The number of pyridine rings is 6. The van der Waals surface area contributed by atoms with E-state index in [0.29, 0.717) is 104 Å². The van der Waals surface area contributed by atoms with Crippen molar-refractivity contribution in [2.75, 3.05) is 88.8 Å². The molecule has 2 aliphatic heterocycles. The van der Waals surface area contributed by atoms with Gasteiger partial charge in [0, 0.05) is 168 Å². The fourth-order valence-corrected chi connectivity index (χ4v) is 19.2. The molecule has 36 heteroatoms. The van der Waals surface area contributed by atoms with Gasteiger partial charge in [-0.05, 0) is 196 Å². The summed E-state index contributed by atoms with van der Waals surface area (Å²) in [5.41, 5.74) is 45.9. The maximum Gasteiger partial charge on any atom is 0.236 e. The third kappa shape index (κ3) is 23.3. The summed E-state index contributed by atoms with van der Waals surface area (Å²) >= 11 is 1.60. The number of methoxy groups -OCH3 is 1. The molecule has 0 atom stereocenters. The third-order valence-corrected chi connectivity index (χ3v) is 28.6. The summed E-state index contributed by atoms with van der Waals surface area (Å²) < 4.78 is 16.3. The Balaban J connectivity index is 0.000000127. The van der Waals surface area contributed by atoms with Crippen LogP contribution in [0.15, 0.2) is 280 Å². The van der Waals surface area contributed by atoms with Crippen molar-refractivity contribution in [1.82, 2.24) is 74.8 Å². The van der Waals surface area contributed by atoms with Crippen LogP contribution in [0.25, 0.3) is 67.0 Å². The van der Waals surface area contributed by atoms with Gasteiger partial charge in [-0.2, -0.15) is 5.26 Å². The number of nitrogen functional groups attached to an aromatic ring is 5. The first-order valence-corrected chi connectivity index (χ1v) is 49.2. The van der Waals surface area contributed by atoms with E-state index in [1.807, 2.05) is 196 Å². The zero-order valence-corrected chi connectivity index (χ0v) is 82.8. The Labute approximate surface area is 858 Å². The molecular weight excluding hydrogens is 1890 g/mol. The predicted molar refractivity (Wildman–Crippen MR) is 568 cm³/mol. The summed E-state index contributed by atoms with van der Waals surface area (Å²) in [6.07, 6.45) is 33.8. The lowest BCUT2D eigenvalue weighted by Gasteiger charge is -2.40. The molecule has 16 N–H and O–H groups in total. The molecule has 148 heavy (non-hydrogen) atoms. The Bertz CT molecular complexity index is 7380. The molecule has 16 aromatic rings. The fourth-order valence-electron chi connectivity index (χ4n) is 18.6. The number of aliphatic hydroxyl groups is 1. The number of carbonyl (C=O) groups excluding carboxylic acids is 5. The molecule has 0 radical (unpaired) electrons. The van der Waals surface area contributed by atoms with Gasteiger partial charge in [0.1, 0.15) is 29.3 Å². The maximum absolute atomic E-state index is 13.6. The van der Waals surface area contributed by atoms with Crippen molar-refractivity contribution in [3.05, 3.63) is 336 Å². The third-order valence-electron chi connectivity index (χ3n) is 27.8. The Morgan fingerprint density at radius 1 is 0.378 bits per heavy atom. The lowest BCUT2D eigenvalue weighted by molar-refractivity contribution is -0.125. The van der Waals surface area contributed by atoms with E-state index in [0.717, 1.165) is 175 Å². The number of nitrogens with one attached hydrogen (secondary N) is 5. The van der Waals surface area contributed by atoms with Crippen LogP contribution in [0, 0.1) is 32.1 Å². The van der Waals surface area contributed by atoms with E-state index in [-0.39, 0.29) is 54.0 Å². The number of aryl methyl sites for hydroxylation is 3. The first-order valence-electron chi connectivity index (χ1n) is 48.4. The number of ether oxygens (including phenoxy) is 3. The second-order valence-electron chi connectivity index (χ2n) is 36.7. The second kappa shape index (κ2) is 46.0. The number of nitrogens with two attached hydrogens (primary N) is 5. The van der Waals surface area contributed by atoms with E-state index >= 15 is 0 Å². The van der Waals surface area contributed by atoms with Crippen molar-refractivity contribution in [2.24, 2.45) is 0 Å². The van der Waals surface area contributed by atoms with E-state index in [2.05, 4.69) is 101 Å². The summed E-state index contributed by atoms with van der Waals surface area (Å²) in [6.45, 7) is 7.54. The van der Waals surface area contributed by atoms with Crippen LogP contribution in [0.2, 0.25) is 0 Å². The first kappa shape index (κ1) is 102. The number of nitrogens with zero attached hydrogens (tertiary/aromatic N) is 16. The highest BCUT2D eigenvalue weighted by atomic mass is 32.1. The fraction of sp³-hybridized carbons (Fsp3) is 0.241. The molecule has 2 saturated heterocycles. The van der Waals surface area contributed by atoms with Crippen molar-refractivity contribution in [3.8, 4) is 79.0 Å². The average molecular weight is 2000 g/mol. The van der Waals surface area contributed by atoms with Crippen LogP contribution in [0.4, 0.5) is 58.2 Å². The van der Waals surface area contributed by atoms with Gasteiger partial charge in [-0.3, -0.25) is 33.9 Å². The zero-order valence-electron chi connectivity index (χ0n) is 81.9. The molecule has 5 aliphatic rings. The average Bonchev–Trinajstić information content (AvgIpc) is 0.970. The van der Waals surface area contributed by atoms with Gasteiger partial charge in [-0.15, -0.1) is 11.3 Å². The number of rotatable bonds is 23. The van der Waals surface area contributed by atoms with Gasteiger partial charge in [-0.25, -0.2) is 64.8 Å². The number of amides is 5. The highest BCUT2D eigenvalue weighted by Gasteiger charge is 2.49. The smallest absolute Gasteiger partial charge is 0.236 e. The summed E-state index contributed by atoms with van der Waals surface area (Å²) in [7, 11) is 1.55. The molecule has 35 nitrogen and oxygen atoms in total. The van der Waals surface area contributed by atoms with E-state index in [1.165, 1.54) is 6.20 Å². The van der Waals surface area contributed by atoms with Crippen LogP contribution in [0.1, 0.15) is 139 Å². The van der Waals surface area contributed by atoms with E-state index < -0.39 is 27.1 Å². The Morgan fingerprint density at radius 3 is 1.15 bits per heavy atom. The van der Waals surface area contributed by atoms with E-state index in [1.54, 1.807) is 123 Å². The zero-order chi connectivity index (χ0) is 103. The molecular formula is C112H110N26O9S. The first-order chi connectivity index (χ1) is 71.8. The highest BCUT2D eigenvalue weighted by molar-refractivity contribution is 7.09. The molecule has 0 spiro atoms. The van der Waals surface area contributed by atoms with Gasteiger partial charge in [0.15, 0.2) is 0 Å². The maximum atomic E-state index is 13.6. The van der Waals surface area contributed by atoms with Gasteiger partial charge in [0.2, 0.25) is 53.3 Å². The second-order valence-corrected chi connectivity index (χ2v) is 37.8. The van der Waals surface area contributed by atoms with Crippen LogP contribution in [-0.4, -0.2) is 143 Å². The molecule has 0 bridgehead atoms. The van der Waals surface area contributed by atoms with Crippen molar-refractivity contribution < 1.29 is 43.3 Å². The minimum atomic E-state index is -0.748. The quantitative estimate of drug-likeness (QED) is 0.0283. The molecule has 5 aromatic carbocycles. The minimum Gasteiger partial charge on any atom is -0.481 e. The van der Waals surface area contributed by atoms with E-state index in [9.17, 15) is 29.1 Å². The summed E-state index contributed by atoms with van der Waals surface area (Å²) in [5.74, 6) is 2.71. The van der Waals surface area contributed by atoms with Gasteiger partial charge in [0.25, 0.3) is 0 Å². The highest BCUT2D eigenvalue weighted by Crippen LogP contribution is 2.49. The monoisotopic (exact) mass is 1990 g/mol. The number of aliphatic hydroxyl groups excluding tert-OH is 1. The Hall–Kier alpha value is -17.5. The molecule has 11 aromatic heterocycles. The van der Waals surface area contributed by atoms with Crippen molar-refractivity contribution in [2.45, 2.75) is 138 Å². The van der Waals surface area contributed by atoms with E-state index in [4.69, 9.17) is 48.1 Å². The van der Waals surface area contributed by atoms with Crippen molar-refractivity contribution in [3.63, 3.8) is 0 Å². The Kier molecular flexibility index (Phi) is 31.7. The lowest BCUT2D eigenvalue weighted by Crippen LogP contribution is -2.46. The SMILES string of the molecule is COc1cc(NC(=O)C2(c3ccc(-c4cnc(N)nc4)cc3)CCC2)ccn1.Cc1cc(NC(=O)C2(c3ccc(-c4cnc(N)nc4)cc3)CCC2)ccn1.Cc1nc(-c2ccc(NC(=O)C3(c4ccc(-c5cnc(N)c(C)n5)cc4)CCOCC3)nc2)cs1.N#Cc1ccc(NC(=O)C2(c3ccc(-c4cnc(N)c(CO)c4)cc3)CCOCC2)nc1.Nc1ncc(-c2ccc(C3(C(=O)Nc4cccnc4)CCC3)cc2)cn1. The van der Waals surface area contributed by atoms with Crippen LogP contribution in [0.5, 0.6) is 5.88 Å². The minimum absolute atomic E-state index is 0.00410. The lowest BCUT2D eigenvalue weighted by atomic mass is 9.63. The summed E-state index contributed by atoms with van der Waals surface area (Å²) in [4.78, 5) is 129. The van der Waals surface area contributed by atoms with Crippen molar-refractivity contribution in [1.29, 1.82) is 5.26 Å². The molecule has 748 valence electrons. The largest absolute Gasteiger partial charge is 0.481 e. The normalized spacial score (nSPS) is 15.0. The number of nitriles is 1. The number of thiazole rings is 1. The van der Waals surface area contributed by atoms with Gasteiger partial charge in [-0.1, -0.05) is 141 Å².